The Morgan fingerprint density at radius 1 is 1.29 bits per heavy atom. The zero-order valence-electron chi connectivity index (χ0n) is 6.90. The van der Waals surface area contributed by atoms with E-state index >= 15 is 0 Å². The third-order valence-electron chi connectivity index (χ3n) is 0. The van der Waals surface area contributed by atoms with Gasteiger partial charge in [-0.05, 0) is 11.8 Å². The van der Waals surface area contributed by atoms with Crippen LogP contribution in [0, 0.1) is 0 Å². The SMILES string of the molecule is OP(O)(O)=S.[H-].[H-].[H-].[Li+].[Mg+2]. The molecule has 0 radical (unpaired) electrons. The molecule has 0 aliphatic heterocycles. The Morgan fingerprint density at radius 2 is 1.29 bits per heavy atom. The van der Waals surface area contributed by atoms with Crippen molar-refractivity contribution in [1.29, 1.82) is 0 Å². The first-order chi connectivity index (χ1) is 2.00. The van der Waals surface area contributed by atoms with Crippen LogP contribution in [0.25, 0.3) is 0 Å². The molecular formula is H6LiMgO3PS. The van der Waals surface area contributed by atoms with E-state index in [0.717, 1.165) is 0 Å². The summed E-state index contributed by atoms with van der Waals surface area (Å²) in [5, 5.41) is 0. The van der Waals surface area contributed by atoms with Crippen molar-refractivity contribution in [2.75, 3.05) is 0 Å². The van der Waals surface area contributed by atoms with Crippen molar-refractivity contribution in [2.45, 2.75) is 0 Å². The van der Waals surface area contributed by atoms with Crippen molar-refractivity contribution in [1.82, 2.24) is 0 Å². The van der Waals surface area contributed by atoms with Gasteiger partial charge in [0.25, 0.3) is 0 Å². The van der Waals surface area contributed by atoms with E-state index < -0.39 is 6.72 Å². The Hall–Kier alpha value is 1.89. The molecular weight excluding hydrogens is 142 g/mol. The van der Waals surface area contributed by atoms with Crippen molar-refractivity contribution < 1.29 is 37.8 Å². The van der Waals surface area contributed by atoms with Gasteiger partial charge in [-0.3, -0.25) is 0 Å². The molecule has 0 aromatic heterocycles. The molecule has 0 atom stereocenters. The van der Waals surface area contributed by atoms with Crippen molar-refractivity contribution in [3.8, 4) is 0 Å². The van der Waals surface area contributed by atoms with Crippen LogP contribution in [0.4, 0.5) is 0 Å². The summed E-state index contributed by atoms with van der Waals surface area (Å²) in [7, 11) is 0. The van der Waals surface area contributed by atoms with Crippen molar-refractivity contribution in [3.63, 3.8) is 0 Å². The van der Waals surface area contributed by atoms with E-state index in [1.165, 1.54) is 0 Å². The van der Waals surface area contributed by atoms with E-state index in [1.807, 2.05) is 0 Å². The normalized spacial score (nSPS) is 8.43. The van der Waals surface area contributed by atoms with E-state index in [-0.39, 0.29) is 46.2 Å². The molecule has 0 aliphatic rings. The van der Waals surface area contributed by atoms with E-state index in [0.29, 0.717) is 0 Å². The Bertz CT molecular complexity index is 69.9. The van der Waals surface area contributed by atoms with E-state index in [2.05, 4.69) is 11.8 Å². The minimum Gasteiger partial charge on any atom is -1.00 e. The molecule has 0 aromatic rings. The fourth-order valence-corrected chi connectivity index (χ4v) is 0. The predicted molar refractivity (Wildman–Crippen MR) is 30.0 cm³/mol. The molecule has 0 fully saturated rings. The molecule has 7 heteroatoms. The van der Waals surface area contributed by atoms with Gasteiger partial charge in [0.15, 0.2) is 0 Å². The van der Waals surface area contributed by atoms with Gasteiger partial charge in [0, 0.05) is 0 Å². The van der Waals surface area contributed by atoms with Crippen LogP contribution in [0.5, 0.6) is 0 Å². The van der Waals surface area contributed by atoms with Crippen LogP contribution in [0.3, 0.4) is 0 Å². The first-order valence-electron chi connectivity index (χ1n) is 0.783. The maximum Gasteiger partial charge on any atom is 2.00 e. The summed E-state index contributed by atoms with van der Waals surface area (Å²) in [5.74, 6) is 0. The predicted octanol–water partition coefficient (Wildman–Crippen LogP) is -3.85. The molecule has 0 saturated heterocycles. The molecule has 0 aromatic carbocycles. The molecule has 0 unspecified atom stereocenters. The van der Waals surface area contributed by atoms with Crippen molar-refractivity contribution in [2.24, 2.45) is 0 Å². The van der Waals surface area contributed by atoms with Gasteiger partial charge in [0.2, 0.25) is 0 Å². The first-order valence-corrected chi connectivity index (χ1v) is 3.44. The van der Waals surface area contributed by atoms with E-state index in [9.17, 15) is 0 Å². The smallest absolute Gasteiger partial charge is 1.00 e. The standard InChI is InChI=1S/Li.Mg.H3O3PS.3H/c;;1-4(2,3)5;;;/h;;(H3,1,2,3,5);;;/q+1;+2;;3*-1. The monoisotopic (exact) mass is 148 g/mol. The molecule has 3 nitrogen and oxygen atoms in total. The zero-order valence-corrected chi connectivity index (χ0v) is 7.03. The number of hydrogen-bond acceptors (Lipinski definition) is 1. The third kappa shape index (κ3) is 76.5. The topological polar surface area (TPSA) is 60.7 Å². The first kappa shape index (κ1) is 16.0. The Kier molecular flexibility index (Phi) is 13.7. The summed E-state index contributed by atoms with van der Waals surface area (Å²) in [4.78, 5) is 22.7. The average Bonchev–Trinajstić information content (AvgIpc) is 0.722. The number of rotatable bonds is 0. The maximum atomic E-state index is 7.56. The van der Waals surface area contributed by atoms with Crippen LogP contribution in [0.1, 0.15) is 4.28 Å². The van der Waals surface area contributed by atoms with Crippen molar-refractivity contribution in [3.05, 3.63) is 0 Å². The van der Waals surface area contributed by atoms with Crippen LogP contribution in [-0.4, -0.2) is 37.7 Å². The van der Waals surface area contributed by atoms with Crippen LogP contribution in [0.2, 0.25) is 0 Å². The maximum absolute atomic E-state index is 7.56. The van der Waals surface area contributed by atoms with Gasteiger partial charge in [-0.2, -0.15) is 0 Å². The van der Waals surface area contributed by atoms with Gasteiger partial charge in [-0.25, -0.2) is 0 Å². The largest absolute Gasteiger partial charge is 2.00 e. The molecule has 0 spiro atoms. The average molecular weight is 148 g/mol. The second-order valence-electron chi connectivity index (χ2n) is 0.513. The second-order valence-corrected chi connectivity index (χ2v) is 3.01. The Morgan fingerprint density at radius 3 is 1.29 bits per heavy atom. The molecule has 0 rings (SSSR count). The summed E-state index contributed by atoms with van der Waals surface area (Å²) < 4.78 is 0. The van der Waals surface area contributed by atoms with Crippen LogP contribution in [-0.2, 0) is 11.8 Å². The van der Waals surface area contributed by atoms with E-state index in [4.69, 9.17) is 14.7 Å². The summed E-state index contributed by atoms with van der Waals surface area (Å²) in [6.07, 6.45) is 0. The molecule has 0 heterocycles. The Labute approximate surface area is 79.2 Å². The van der Waals surface area contributed by atoms with Gasteiger partial charge in [-0.1, -0.05) is 0 Å². The molecule has 0 aliphatic carbocycles. The summed E-state index contributed by atoms with van der Waals surface area (Å²) in [5.41, 5.74) is 0. The van der Waals surface area contributed by atoms with Gasteiger partial charge < -0.3 is 19.0 Å². The van der Waals surface area contributed by atoms with Crippen LogP contribution < -0.4 is 18.9 Å². The van der Waals surface area contributed by atoms with Crippen LogP contribution >= 0.6 is 6.72 Å². The summed E-state index contributed by atoms with van der Waals surface area (Å²) in [6.45, 7) is -3.81. The summed E-state index contributed by atoms with van der Waals surface area (Å²) >= 11 is 3.60. The molecule has 0 bridgehead atoms. The van der Waals surface area contributed by atoms with Gasteiger partial charge in [0.05, 0.1) is 0 Å². The quantitative estimate of drug-likeness (QED) is 0.243. The molecule has 3 N–H and O–H groups in total. The zero-order chi connectivity index (χ0) is 4.50. The fourth-order valence-electron chi connectivity index (χ4n) is 0. The second kappa shape index (κ2) is 6.02. The molecule has 0 saturated carbocycles. The minimum atomic E-state index is -3.81. The van der Waals surface area contributed by atoms with Gasteiger partial charge >= 0.3 is 48.6 Å². The minimum absolute atomic E-state index is 0. The summed E-state index contributed by atoms with van der Waals surface area (Å²) in [6, 6.07) is 0. The molecule has 0 amide bonds. The Balaban J connectivity index is -0.00000000800. The van der Waals surface area contributed by atoms with E-state index in [1.54, 1.807) is 0 Å². The number of hydrogen-bond donors (Lipinski definition) is 3. The van der Waals surface area contributed by atoms with Crippen LogP contribution in [0.15, 0.2) is 0 Å². The van der Waals surface area contributed by atoms with Gasteiger partial charge in [0.1, 0.15) is 0 Å². The molecule has 7 heavy (non-hydrogen) atoms. The molecule has 38 valence electrons. The third-order valence-corrected chi connectivity index (χ3v) is 0. The van der Waals surface area contributed by atoms with Crippen molar-refractivity contribution >= 4 is 41.6 Å². The van der Waals surface area contributed by atoms with Gasteiger partial charge in [-0.15, -0.1) is 0 Å². The fraction of sp³-hybridized carbons (Fsp3) is 0.